The predicted molar refractivity (Wildman–Crippen MR) is 79.7 cm³/mol. The lowest BCUT2D eigenvalue weighted by atomic mass is 10.2. The van der Waals surface area contributed by atoms with E-state index in [0.29, 0.717) is 16.7 Å². The fraction of sp³-hybridized carbons (Fsp3) is 0. The molecule has 2 heterocycles. The molecule has 104 valence electrons. The summed E-state index contributed by atoms with van der Waals surface area (Å²) in [7, 11) is 0. The van der Waals surface area contributed by atoms with Crippen molar-refractivity contribution in [2.45, 2.75) is 0 Å². The van der Waals surface area contributed by atoms with Gasteiger partial charge in [-0.05, 0) is 24.3 Å². The number of nitrogens with zero attached hydrogens (tertiary/aromatic N) is 1. The summed E-state index contributed by atoms with van der Waals surface area (Å²) >= 11 is 5.88. The van der Waals surface area contributed by atoms with Gasteiger partial charge in [0.05, 0.1) is 11.3 Å². The second-order valence-electron chi connectivity index (χ2n) is 4.27. The number of hydrogen-bond donors (Lipinski definition) is 1. The number of anilines is 1. The van der Waals surface area contributed by atoms with Gasteiger partial charge in [0.15, 0.2) is 0 Å². The van der Waals surface area contributed by atoms with Crippen molar-refractivity contribution in [2.24, 2.45) is 0 Å². The van der Waals surface area contributed by atoms with Crippen molar-refractivity contribution in [3.8, 4) is 0 Å². The number of fused-ring (bicyclic) bond motifs is 1. The van der Waals surface area contributed by atoms with Gasteiger partial charge in [-0.1, -0.05) is 23.7 Å². The minimum atomic E-state index is -0.540. The number of carbonyl (C=O) groups excluding carboxylic acids is 1. The minimum Gasteiger partial charge on any atom is -0.423 e. The molecule has 0 unspecified atom stereocenters. The molecule has 1 N–H and O–H groups in total. The van der Waals surface area contributed by atoms with Crippen LogP contribution in [0.3, 0.4) is 0 Å². The van der Waals surface area contributed by atoms with Crippen LogP contribution in [0.25, 0.3) is 11.0 Å². The fourth-order valence-electron chi connectivity index (χ4n) is 1.96. The maximum absolute atomic E-state index is 12.2. The zero-order valence-electron chi connectivity index (χ0n) is 10.7. The quantitative estimate of drug-likeness (QED) is 0.583. The summed E-state index contributed by atoms with van der Waals surface area (Å²) in [6.07, 6.45) is 1.49. The highest BCUT2D eigenvalue weighted by molar-refractivity contribution is 6.33. The number of pyridine rings is 1. The van der Waals surface area contributed by atoms with Gasteiger partial charge in [0.1, 0.15) is 10.7 Å². The Bertz CT molecular complexity index is 889. The van der Waals surface area contributed by atoms with Gasteiger partial charge >= 0.3 is 5.63 Å². The van der Waals surface area contributed by atoms with Crippen molar-refractivity contribution in [3.63, 3.8) is 0 Å². The van der Waals surface area contributed by atoms with Crippen LogP contribution in [0, 0.1) is 0 Å². The number of aromatic nitrogens is 1. The number of hydrogen-bond acceptors (Lipinski definition) is 4. The van der Waals surface area contributed by atoms with E-state index in [1.165, 1.54) is 12.3 Å². The lowest BCUT2D eigenvalue weighted by Crippen LogP contribution is -2.14. The van der Waals surface area contributed by atoms with Gasteiger partial charge in [-0.3, -0.25) is 4.79 Å². The van der Waals surface area contributed by atoms with E-state index in [0.717, 1.165) is 0 Å². The molecule has 0 aliphatic carbocycles. The number of para-hydroxylation sites is 1. The summed E-state index contributed by atoms with van der Waals surface area (Å²) in [6.45, 7) is 0. The van der Waals surface area contributed by atoms with Gasteiger partial charge in [0.25, 0.3) is 5.91 Å². The third-order valence-electron chi connectivity index (χ3n) is 2.90. The van der Waals surface area contributed by atoms with Crippen LogP contribution in [0.2, 0.25) is 5.15 Å². The average Bonchev–Trinajstić information content (AvgIpc) is 2.47. The zero-order valence-corrected chi connectivity index (χ0v) is 11.4. The van der Waals surface area contributed by atoms with Crippen LogP contribution in [0.15, 0.2) is 57.9 Å². The second kappa shape index (κ2) is 5.38. The monoisotopic (exact) mass is 300 g/mol. The second-order valence-corrected chi connectivity index (χ2v) is 4.63. The molecule has 5 nitrogen and oxygen atoms in total. The standard InChI is InChI=1S/C15H9ClN2O3/c16-14-10(5-3-7-17-14)15(20)18-11-8-13(19)21-12-6-2-1-4-9(11)12/h1-8H,(H,18,20). The van der Waals surface area contributed by atoms with Gasteiger partial charge < -0.3 is 9.73 Å². The average molecular weight is 301 g/mol. The maximum atomic E-state index is 12.2. The summed E-state index contributed by atoms with van der Waals surface area (Å²) in [5.74, 6) is -0.441. The van der Waals surface area contributed by atoms with E-state index < -0.39 is 11.5 Å². The van der Waals surface area contributed by atoms with Crippen molar-refractivity contribution in [1.82, 2.24) is 4.98 Å². The fourth-order valence-corrected chi connectivity index (χ4v) is 2.17. The highest BCUT2D eigenvalue weighted by atomic mass is 35.5. The molecular formula is C15H9ClN2O3. The molecule has 0 aliphatic rings. The zero-order chi connectivity index (χ0) is 14.8. The van der Waals surface area contributed by atoms with E-state index in [9.17, 15) is 9.59 Å². The first-order valence-corrected chi connectivity index (χ1v) is 6.48. The normalized spacial score (nSPS) is 10.5. The van der Waals surface area contributed by atoms with E-state index in [2.05, 4.69) is 10.3 Å². The third-order valence-corrected chi connectivity index (χ3v) is 3.20. The molecule has 0 atom stereocenters. The van der Waals surface area contributed by atoms with Crippen molar-refractivity contribution < 1.29 is 9.21 Å². The molecular weight excluding hydrogens is 292 g/mol. The largest absolute Gasteiger partial charge is 0.423 e. The Morgan fingerprint density at radius 1 is 1.19 bits per heavy atom. The van der Waals surface area contributed by atoms with Crippen LogP contribution < -0.4 is 10.9 Å². The molecule has 3 aromatic rings. The van der Waals surface area contributed by atoms with Crippen LogP contribution in [0.4, 0.5) is 5.69 Å². The third kappa shape index (κ3) is 2.64. The van der Waals surface area contributed by atoms with Crippen LogP contribution in [-0.4, -0.2) is 10.9 Å². The van der Waals surface area contributed by atoms with Crippen molar-refractivity contribution in [3.05, 3.63) is 69.8 Å². The van der Waals surface area contributed by atoms with Crippen LogP contribution in [0.5, 0.6) is 0 Å². The summed E-state index contributed by atoms with van der Waals surface area (Å²) in [6, 6.07) is 11.3. The summed E-state index contributed by atoms with van der Waals surface area (Å²) in [4.78, 5) is 27.6. The van der Waals surface area contributed by atoms with E-state index >= 15 is 0 Å². The first kappa shape index (κ1) is 13.3. The van der Waals surface area contributed by atoms with Crippen molar-refractivity contribution in [1.29, 1.82) is 0 Å². The highest BCUT2D eigenvalue weighted by Crippen LogP contribution is 2.22. The SMILES string of the molecule is O=C(Nc1cc(=O)oc2ccccc12)c1cccnc1Cl. The number of nitrogens with one attached hydrogen (secondary N) is 1. The first-order valence-electron chi connectivity index (χ1n) is 6.10. The van der Waals surface area contributed by atoms with Crippen molar-refractivity contribution >= 4 is 34.2 Å². The van der Waals surface area contributed by atoms with Crippen LogP contribution in [0.1, 0.15) is 10.4 Å². The van der Waals surface area contributed by atoms with Gasteiger partial charge in [-0.2, -0.15) is 0 Å². The van der Waals surface area contributed by atoms with Gasteiger partial charge in [0.2, 0.25) is 0 Å². The summed E-state index contributed by atoms with van der Waals surface area (Å²) in [5.41, 5.74) is 0.460. The Balaban J connectivity index is 2.04. The molecule has 2 aromatic heterocycles. The van der Waals surface area contributed by atoms with Crippen molar-refractivity contribution in [2.75, 3.05) is 5.32 Å². The Hall–Kier alpha value is -2.66. The Labute approximate surface area is 124 Å². The van der Waals surface area contributed by atoms with E-state index in [-0.39, 0.29) is 10.7 Å². The Kier molecular flexibility index (Phi) is 3.41. The number of benzene rings is 1. The first-order chi connectivity index (χ1) is 10.1. The number of rotatable bonds is 2. The Morgan fingerprint density at radius 3 is 2.81 bits per heavy atom. The number of halogens is 1. The number of carbonyl (C=O) groups is 1. The molecule has 0 bridgehead atoms. The molecule has 0 fully saturated rings. The van der Waals surface area contributed by atoms with Crippen LogP contribution in [-0.2, 0) is 0 Å². The molecule has 0 saturated heterocycles. The lowest BCUT2D eigenvalue weighted by Gasteiger charge is -2.08. The lowest BCUT2D eigenvalue weighted by molar-refractivity contribution is 0.102. The van der Waals surface area contributed by atoms with Gasteiger partial charge in [-0.15, -0.1) is 0 Å². The topological polar surface area (TPSA) is 72.2 Å². The molecule has 6 heteroatoms. The molecule has 21 heavy (non-hydrogen) atoms. The molecule has 0 aliphatic heterocycles. The molecule has 1 amide bonds. The molecule has 0 saturated carbocycles. The summed E-state index contributed by atoms with van der Waals surface area (Å²) < 4.78 is 5.07. The van der Waals surface area contributed by atoms with E-state index in [4.69, 9.17) is 16.0 Å². The highest BCUT2D eigenvalue weighted by Gasteiger charge is 2.13. The molecule has 3 rings (SSSR count). The number of amides is 1. The van der Waals surface area contributed by atoms with Gasteiger partial charge in [0, 0.05) is 17.6 Å². The molecule has 0 radical (unpaired) electrons. The van der Waals surface area contributed by atoms with Gasteiger partial charge in [-0.25, -0.2) is 9.78 Å². The van der Waals surface area contributed by atoms with E-state index in [1.54, 1.807) is 36.4 Å². The molecule has 0 spiro atoms. The van der Waals surface area contributed by atoms with Crippen LogP contribution >= 0.6 is 11.6 Å². The minimum absolute atomic E-state index is 0.0993. The smallest absolute Gasteiger partial charge is 0.338 e. The van der Waals surface area contributed by atoms with E-state index in [1.807, 2.05) is 0 Å². The predicted octanol–water partition coefficient (Wildman–Crippen LogP) is 3.09. The Morgan fingerprint density at radius 2 is 2.00 bits per heavy atom. The maximum Gasteiger partial charge on any atom is 0.338 e. The summed E-state index contributed by atoms with van der Waals surface area (Å²) in [5, 5.41) is 3.39. The molecule has 1 aromatic carbocycles.